The van der Waals surface area contributed by atoms with Gasteiger partial charge < -0.3 is 20.1 Å². The summed E-state index contributed by atoms with van der Waals surface area (Å²) in [6.07, 6.45) is 0.836. The molecule has 2 heterocycles. The van der Waals surface area contributed by atoms with Gasteiger partial charge in [-0.15, -0.1) is 10.6 Å². The van der Waals surface area contributed by atoms with E-state index in [9.17, 15) is 19.5 Å². The van der Waals surface area contributed by atoms with Crippen LogP contribution in [0.15, 0.2) is 30.5 Å². The number of nitrogens with one attached hydrogen (secondary N) is 1. The zero-order chi connectivity index (χ0) is 31.4. The number of benzene rings is 1. The first kappa shape index (κ1) is 33.0. The number of aryl methyl sites for hydroxylation is 1. The molecular formula is C31H45N5O5Si. The number of hydrogen-bond donors (Lipinski definition) is 2. The number of aliphatic hydroxyl groups excluding tert-OH is 1. The summed E-state index contributed by atoms with van der Waals surface area (Å²) < 4.78 is 6.41. The Morgan fingerprint density at radius 2 is 1.83 bits per heavy atom. The Morgan fingerprint density at radius 3 is 2.36 bits per heavy atom. The van der Waals surface area contributed by atoms with Crippen molar-refractivity contribution in [2.75, 3.05) is 13.7 Å². The molecule has 1 fully saturated rings. The van der Waals surface area contributed by atoms with Gasteiger partial charge in [0.2, 0.25) is 11.8 Å². The Kier molecular flexibility index (Phi) is 10.4. The standard InChI is InChI=1S/C31H45N5O5Si/c1-20(2)28(36-18-21(3)33-34-36)30(40)35-19-24(37)16-26(35)29(39)32-25(17-27(38)41-7)23-12-10-22(11-13-23)14-15-42(8,9)31(4,5)6/h10-13,18,20,24-26,28,37H,16-17,19H2,1-9H3,(H,32,39)/t24-,25+,26+,28?/m1/s1. The molecule has 1 aromatic heterocycles. The third kappa shape index (κ3) is 7.86. The van der Waals surface area contributed by atoms with Gasteiger partial charge in [0.15, 0.2) is 0 Å². The number of carbonyl (C=O) groups excluding carboxylic acids is 3. The molecule has 1 aliphatic heterocycles. The van der Waals surface area contributed by atoms with E-state index >= 15 is 0 Å². The second-order valence-electron chi connectivity index (χ2n) is 13.0. The molecule has 1 saturated heterocycles. The molecule has 0 bridgehead atoms. The highest BCUT2D eigenvalue weighted by Gasteiger charge is 2.43. The fourth-order valence-electron chi connectivity index (χ4n) is 4.67. The van der Waals surface area contributed by atoms with Crippen molar-refractivity contribution < 1.29 is 24.2 Å². The molecule has 228 valence electrons. The van der Waals surface area contributed by atoms with Gasteiger partial charge in [-0.25, -0.2) is 4.68 Å². The molecule has 0 aliphatic carbocycles. The summed E-state index contributed by atoms with van der Waals surface area (Å²) in [5.74, 6) is 1.91. The van der Waals surface area contributed by atoms with Gasteiger partial charge in [0.05, 0.1) is 31.4 Å². The van der Waals surface area contributed by atoms with Crippen LogP contribution in [0.3, 0.4) is 0 Å². The molecule has 1 aromatic carbocycles. The van der Waals surface area contributed by atoms with E-state index in [2.05, 4.69) is 61.0 Å². The fourth-order valence-corrected chi connectivity index (χ4v) is 5.50. The smallest absolute Gasteiger partial charge is 0.307 e. The molecule has 2 amide bonds. The van der Waals surface area contributed by atoms with Gasteiger partial charge in [-0.1, -0.05) is 71.0 Å². The molecule has 1 unspecified atom stereocenters. The number of amides is 2. The molecule has 2 N–H and O–H groups in total. The molecule has 2 aromatic rings. The normalized spacial score (nSPS) is 18.7. The number of β-amino-alcohol motifs (C(OH)–C–C–N with tert-alkyl or cyclic N) is 1. The number of likely N-dealkylation sites (tertiary alicyclic amines) is 1. The monoisotopic (exact) mass is 595 g/mol. The summed E-state index contributed by atoms with van der Waals surface area (Å²) >= 11 is 0. The van der Waals surface area contributed by atoms with Crippen molar-refractivity contribution in [2.24, 2.45) is 5.92 Å². The average molecular weight is 596 g/mol. The number of nitrogens with zero attached hydrogens (tertiary/aromatic N) is 4. The third-order valence-corrected chi connectivity index (χ3v) is 12.8. The number of aliphatic hydroxyl groups is 1. The summed E-state index contributed by atoms with van der Waals surface area (Å²) in [7, 11) is -0.487. The lowest BCUT2D eigenvalue weighted by molar-refractivity contribution is -0.144. The maximum absolute atomic E-state index is 13.7. The van der Waals surface area contributed by atoms with Crippen molar-refractivity contribution in [3.8, 4) is 11.5 Å². The number of esters is 1. The lowest BCUT2D eigenvalue weighted by Gasteiger charge is -2.31. The first-order valence-electron chi connectivity index (χ1n) is 14.4. The van der Waals surface area contributed by atoms with Crippen LogP contribution in [0.25, 0.3) is 0 Å². The maximum atomic E-state index is 13.7. The van der Waals surface area contributed by atoms with Crippen LogP contribution in [0.4, 0.5) is 0 Å². The molecule has 0 spiro atoms. The molecule has 3 rings (SSSR count). The Hall–Kier alpha value is -3.49. The Morgan fingerprint density at radius 1 is 1.19 bits per heavy atom. The van der Waals surface area contributed by atoms with Gasteiger partial charge in [-0.2, -0.15) is 0 Å². The van der Waals surface area contributed by atoms with E-state index in [-0.39, 0.29) is 36.2 Å². The molecule has 1 aliphatic rings. The molecule has 11 heteroatoms. The summed E-state index contributed by atoms with van der Waals surface area (Å²) in [6, 6.07) is 5.17. The highest BCUT2D eigenvalue weighted by atomic mass is 28.3. The number of carbonyl (C=O) groups is 3. The fraction of sp³-hybridized carbons (Fsp3) is 0.581. The Labute approximate surface area is 250 Å². The van der Waals surface area contributed by atoms with Gasteiger partial charge in [0, 0.05) is 24.7 Å². The van der Waals surface area contributed by atoms with E-state index < -0.39 is 44.2 Å². The summed E-state index contributed by atoms with van der Waals surface area (Å²) in [6.45, 7) is 16.8. The minimum Gasteiger partial charge on any atom is -0.469 e. The molecule has 0 saturated carbocycles. The second-order valence-corrected chi connectivity index (χ2v) is 18.0. The van der Waals surface area contributed by atoms with Crippen LogP contribution >= 0.6 is 0 Å². The first-order valence-corrected chi connectivity index (χ1v) is 17.4. The van der Waals surface area contributed by atoms with Crippen molar-refractivity contribution in [1.82, 2.24) is 25.2 Å². The van der Waals surface area contributed by atoms with Crippen LogP contribution < -0.4 is 5.32 Å². The van der Waals surface area contributed by atoms with Crippen LogP contribution in [0.5, 0.6) is 0 Å². The lowest BCUT2D eigenvalue weighted by atomic mass is 10.0. The molecule has 42 heavy (non-hydrogen) atoms. The minimum absolute atomic E-state index is 0.0249. The number of aromatic nitrogens is 3. The number of rotatable bonds is 8. The van der Waals surface area contributed by atoms with Gasteiger partial charge in [0.25, 0.3) is 0 Å². The SMILES string of the molecule is COC(=O)C[C@H](NC(=O)[C@@H]1C[C@@H](O)CN1C(=O)C(C(C)C)n1cc(C)nn1)c1ccc(C#C[Si](C)(C)C(C)(C)C)cc1. The van der Waals surface area contributed by atoms with E-state index in [1.165, 1.54) is 16.7 Å². The molecule has 10 nitrogen and oxygen atoms in total. The predicted octanol–water partition coefficient (Wildman–Crippen LogP) is 3.57. The van der Waals surface area contributed by atoms with Crippen LogP contribution in [0.2, 0.25) is 18.1 Å². The Balaban J connectivity index is 1.84. The maximum Gasteiger partial charge on any atom is 0.307 e. The molecule has 4 atom stereocenters. The number of ether oxygens (including phenoxy) is 1. The third-order valence-electron chi connectivity index (χ3n) is 8.28. The van der Waals surface area contributed by atoms with E-state index in [0.29, 0.717) is 11.3 Å². The van der Waals surface area contributed by atoms with Crippen molar-refractivity contribution in [1.29, 1.82) is 0 Å². The van der Waals surface area contributed by atoms with E-state index in [4.69, 9.17) is 4.74 Å². The second kappa shape index (κ2) is 13.2. The van der Waals surface area contributed by atoms with Crippen LogP contribution in [0.1, 0.15) is 76.4 Å². The summed E-state index contributed by atoms with van der Waals surface area (Å²) in [5, 5.41) is 21.7. The van der Waals surface area contributed by atoms with E-state index in [1.807, 2.05) is 38.1 Å². The highest BCUT2D eigenvalue weighted by molar-refractivity contribution is 6.87. The van der Waals surface area contributed by atoms with Crippen LogP contribution in [-0.4, -0.2) is 76.7 Å². The lowest BCUT2D eigenvalue weighted by Crippen LogP contribution is -2.49. The molecule has 0 radical (unpaired) electrons. The van der Waals surface area contributed by atoms with Crippen LogP contribution in [-0.2, 0) is 19.1 Å². The van der Waals surface area contributed by atoms with Gasteiger partial charge >= 0.3 is 5.97 Å². The number of methoxy groups -OCH3 is 1. The highest BCUT2D eigenvalue weighted by Crippen LogP contribution is 2.35. The largest absolute Gasteiger partial charge is 0.469 e. The predicted molar refractivity (Wildman–Crippen MR) is 163 cm³/mol. The van der Waals surface area contributed by atoms with Crippen LogP contribution in [0, 0.1) is 24.3 Å². The van der Waals surface area contributed by atoms with Gasteiger partial charge in [-0.05, 0) is 35.6 Å². The zero-order valence-electron chi connectivity index (χ0n) is 26.3. The first-order chi connectivity index (χ1) is 19.5. The average Bonchev–Trinajstić information content (AvgIpc) is 3.51. The zero-order valence-corrected chi connectivity index (χ0v) is 27.3. The van der Waals surface area contributed by atoms with E-state index in [0.717, 1.165) is 5.56 Å². The molecular weight excluding hydrogens is 550 g/mol. The Bertz CT molecular complexity index is 1340. The summed E-state index contributed by atoms with van der Waals surface area (Å²) in [4.78, 5) is 41.1. The summed E-state index contributed by atoms with van der Waals surface area (Å²) in [5.41, 5.74) is 5.73. The van der Waals surface area contributed by atoms with Gasteiger partial charge in [0.1, 0.15) is 20.2 Å². The van der Waals surface area contributed by atoms with Gasteiger partial charge in [-0.3, -0.25) is 14.4 Å². The minimum atomic E-state index is -1.79. The number of hydrogen-bond acceptors (Lipinski definition) is 7. The van der Waals surface area contributed by atoms with Crippen molar-refractivity contribution in [2.45, 2.75) is 96.7 Å². The topological polar surface area (TPSA) is 127 Å². The van der Waals surface area contributed by atoms with Crippen molar-refractivity contribution >= 4 is 25.9 Å². The quantitative estimate of drug-likeness (QED) is 0.271. The van der Waals surface area contributed by atoms with E-state index in [1.54, 1.807) is 13.1 Å². The van der Waals surface area contributed by atoms with Crippen molar-refractivity contribution in [3.63, 3.8) is 0 Å². The van der Waals surface area contributed by atoms with Crippen molar-refractivity contribution in [3.05, 3.63) is 47.3 Å².